The zero-order chi connectivity index (χ0) is 15.2. The smallest absolute Gasteiger partial charge is 0.313 e. The molecule has 1 saturated heterocycles. The second-order valence-electron chi connectivity index (χ2n) is 5.21. The number of aryl methyl sites for hydroxylation is 1. The summed E-state index contributed by atoms with van der Waals surface area (Å²) < 4.78 is 5.35. The standard InChI is InChI=1S/C16H22N2O3/c1-3-13-6-4-5-7-14(13)17-15(19)16(20)18-9-11-21-10-8-12(18)2/h4-7,12H,3,8-11H2,1-2H3,(H,17,19)/t12-/m0/s1. The van der Waals surface area contributed by atoms with Gasteiger partial charge in [0.1, 0.15) is 0 Å². The molecule has 2 amide bonds. The molecule has 0 aliphatic carbocycles. The van der Waals surface area contributed by atoms with Gasteiger partial charge in [0, 0.05) is 24.9 Å². The molecular weight excluding hydrogens is 268 g/mol. The summed E-state index contributed by atoms with van der Waals surface area (Å²) in [5, 5.41) is 2.73. The molecule has 0 bridgehead atoms. The van der Waals surface area contributed by atoms with E-state index in [4.69, 9.17) is 4.74 Å². The number of carbonyl (C=O) groups excluding carboxylic acids is 2. The number of benzene rings is 1. The molecule has 2 rings (SSSR count). The number of amides is 2. The van der Waals surface area contributed by atoms with E-state index in [-0.39, 0.29) is 6.04 Å². The highest BCUT2D eigenvalue weighted by atomic mass is 16.5. The van der Waals surface area contributed by atoms with Crippen molar-refractivity contribution in [2.24, 2.45) is 0 Å². The van der Waals surface area contributed by atoms with Gasteiger partial charge in [-0.05, 0) is 31.4 Å². The summed E-state index contributed by atoms with van der Waals surface area (Å²) in [5.41, 5.74) is 1.72. The number of carbonyl (C=O) groups is 2. The van der Waals surface area contributed by atoms with E-state index in [1.807, 2.05) is 38.1 Å². The van der Waals surface area contributed by atoms with Crippen LogP contribution in [-0.2, 0) is 20.7 Å². The van der Waals surface area contributed by atoms with Gasteiger partial charge in [-0.2, -0.15) is 0 Å². The van der Waals surface area contributed by atoms with Crippen molar-refractivity contribution in [1.82, 2.24) is 4.90 Å². The van der Waals surface area contributed by atoms with Gasteiger partial charge >= 0.3 is 11.8 Å². The number of ether oxygens (including phenoxy) is 1. The number of rotatable bonds is 2. The van der Waals surface area contributed by atoms with Gasteiger partial charge in [-0.3, -0.25) is 9.59 Å². The number of anilines is 1. The van der Waals surface area contributed by atoms with Crippen LogP contribution < -0.4 is 5.32 Å². The van der Waals surface area contributed by atoms with Crippen molar-refractivity contribution in [2.45, 2.75) is 32.7 Å². The molecular formula is C16H22N2O3. The fraction of sp³-hybridized carbons (Fsp3) is 0.500. The van der Waals surface area contributed by atoms with E-state index >= 15 is 0 Å². The Morgan fingerprint density at radius 2 is 2.10 bits per heavy atom. The van der Waals surface area contributed by atoms with Crippen LogP contribution in [0.4, 0.5) is 5.69 Å². The summed E-state index contributed by atoms with van der Waals surface area (Å²) in [6.07, 6.45) is 1.56. The first-order valence-corrected chi connectivity index (χ1v) is 7.41. The van der Waals surface area contributed by atoms with Crippen molar-refractivity contribution in [3.8, 4) is 0 Å². The first-order valence-electron chi connectivity index (χ1n) is 7.41. The lowest BCUT2D eigenvalue weighted by Gasteiger charge is -2.25. The average molecular weight is 290 g/mol. The Labute approximate surface area is 125 Å². The van der Waals surface area contributed by atoms with Crippen molar-refractivity contribution in [3.05, 3.63) is 29.8 Å². The van der Waals surface area contributed by atoms with Gasteiger partial charge in [-0.25, -0.2) is 0 Å². The van der Waals surface area contributed by atoms with Crippen molar-refractivity contribution >= 4 is 17.5 Å². The number of hydrogen-bond acceptors (Lipinski definition) is 3. The summed E-state index contributed by atoms with van der Waals surface area (Å²) in [7, 11) is 0. The summed E-state index contributed by atoms with van der Waals surface area (Å²) >= 11 is 0. The lowest BCUT2D eigenvalue weighted by molar-refractivity contribution is -0.144. The fourth-order valence-electron chi connectivity index (χ4n) is 2.45. The van der Waals surface area contributed by atoms with Gasteiger partial charge in [0.15, 0.2) is 0 Å². The number of nitrogens with one attached hydrogen (secondary N) is 1. The molecule has 114 valence electrons. The zero-order valence-electron chi connectivity index (χ0n) is 12.6. The first kappa shape index (κ1) is 15.5. The van der Waals surface area contributed by atoms with Crippen LogP contribution in [0.5, 0.6) is 0 Å². The van der Waals surface area contributed by atoms with Crippen LogP contribution in [0.25, 0.3) is 0 Å². The molecule has 0 unspecified atom stereocenters. The Bertz CT molecular complexity index is 516. The third kappa shape index (κ3) is 3.82. The Balaban J connectivity index is 2.06. The van der Waals surface area contributed by atoms with Crippen molar-refractivity contribution in [2.75, 3.05) is 25.1 Å². The maximum Gasteiger partial charge on any atom is 0.313 e. The van der Waals surface area contributed by atoms with Crippen LogP contribution in [0.3, 0.4) is 0 Å². The van der Waals surface area contributed by atoms with E-state index in [9.17, 15) is 9.59 Å². The molecule has 1 aliphatic heterocycles. The van der Waals surface area contributed by atoms with Crippen molar-refractivity contribution < 1.29 is 14.3 Å². The summed E-state index contributed by atoms with van der Waals surface area (Å²) in [5.74, 6) is -1.07. The Morgan fingerprint density at radius 3 is 2.86 bits per heavy atom. The summed E-state index contributed by atoms with van der Waals surface area (Å²) in [6, 6.07) is 7.56. The predicted octanol–water partition coefficient (Wildman–Crippen LogP) is 1.82. The highest BCUT2D eigenvalue weighted by molar-refractivity contribution is 6.39. The largest absolute Gasteiger partial charge is 0.380 e. The van der Waals surface area contributed by atoms with Gasteiger partial charge in [0.05, 0.1) is 6.61 Å². The van der Waals surface area contributed by atoms with Crippen molar-refractivity contribution in [3.63, 3.8) is 0 Å². The lowest BCUT2D eigenvalue weighted by atomic mass is 10.1. The molecule has 0 aromatic heterocycles. The minimum Gasteiger partial charge on any atom is -0.380 e. The van der Waals surface area contributed by atoms with Crippen LogP contribution >= 0.6 is 0 Å². The molecule has 1 aromatic carbocycles. The molecule has 0 saturated carbocycles. The maximum absolute atomic E-state index is 12.3. The monoisotopic (exact) mass is 290 g/mol. The van der Waals surface area contributed by atoms with Crippen molar-refractivity contribution in [1.29, 1.82) is 0 Å². The molecule has 0 spiro atoms. The topological polar surface area (TPSA) is 58.6 Å². The van der Waals surface area contributed by atoms with Gasteiger partial charge in [-0.15, -0.1) is 0 Å². The first-order chi connectivity index (χ1) is 10.1. The summed E-state index contributed by atoms with van der Waals surface area (Å²) in [4.78, 5) is 26.1. The van der Waals surface area contributed by atoms with E-state index in [1.54, 1.807) is 4.90 Å². The fourth-order valence-corrected chi connectivity index (χ4v) is 2.45. The maximum atomic E-state index is 12.3. The van der Waals surface area contributed by atoms with Gasteiger partial charge in [0.2, 0.25) is 0 Å². The second kappa shape index (κ2) is 7.22. The Hall–Kier alpha value is -1.88. The highest BCUT2D eigenvalue weighted by Gasteiger charge is 2.27. The van der Waals surface area contributed by atoms with Gasteiger partial charge in [0.25, 0.3) is 0 Å². The van der Waals surface area contributed by atoms with E-state index in [0.29, 0.717) is 25.4 Å². The number of nitrogens with zero attached hydrogens (tertiary/aromatic N) is 1. The van der Waals surface area contributed by atoms with E-state index in [2.05, 4.69) is 5.32 Å². The third-order valence-electron chi connectivity index (χ3n) is 3.79. The average Bonchev–Trinajstić information content (AvgIpc) is 2.71. The molecule has 1 heterocycles. The molecule has 0 radical (unpaired) electrons. The molecule has 1 aromatic rings. The molecule has 1 aliphatic rings. The van der Waals surface area contributed by atoms with E-state index in [0.717, 1.165) is 18.4 Å². The molecule has 5 nitrogen and oxygen atoms in total. The lowest BCUT2D eigenvalue weighted by Crippen LogP contribution is -2.45. The highest BCUT2D eigenvalue weighted by Crippen LogP contribution is 2.16. The van der Waals surface area contributed by atoms with E-state index in [1.165, 1.54) is 0 Å². The molecule has 21 heavy (non-hydrogen) atoms. The quantitative estimate of drug-likeness (QED) is 0.845. The Kier molecular flexibility index (Phi) is 5.33. The SMILES string of the molecule is CCc1ccccc1NC(=O)C(=O)N1CCOCC[C@@H]1C. The van der Waals surface area contributed by atoms with E-state index < -0.39 is 11.8 Å². The number of hydrogen-bond donors (Lipinski definition) is 1. The van der Waals surface area contributed by atoms with Crippen LogP contribution in [0.1, 0.15) is 25.8 Å². The normalized spacial score (nSPS) is 19.0. The number of para-hydroxylation sites is 1. The predicted molar refractivity (Wildman–Crippen MR) is 81.1 cm³/mol. The minimum absolute atomic E-state index is 0.0205. The summed E-state index contributed by atoms with van der Waals surface area (Å²) in [6.45, 7) is 5.53. The second-order valence-corrected chi connectivity index (χ2v) is 5.21. The van der Waals surface area contributed by atoms with Crippen LogP contribution in [-0.4, -0.2) is 42.5 Å². The Morgan fingerprint density at radius 1 is 1.33 bits per heavy atom. The molecule has 1 N–H and O–H groups in total. The zero-order valence-corrected chi connectivity index (χ0v) is 12.6. The molecule has 1 atom stereocenters. The van der Waals surface area contributed by atoms with Crippen LogP contribution in [0, 0.1) is 0 Å². The molecule has 1 fully saturated rings. The van der Waals surface area contributed by atoms with Crippen LogP contribution in [0.15, 0.2) is 24.3 Å². The minimum atomic E-state index is -0.579. The van der Waals surface area contributed by atoms with Gasteiger partial charge < -0.3 is 15.0 Å². The van der Waals surface area contributed by atoms with Gasteiger partial charge in [-0.1, -0.05) is 25.1 Å². The van der Waals surface area contributed by atoms with Crippen LogP contribution in [0.2, 0.25) is 0 Å². The molecule has 5 heteroatoms. The third-order valence-corrected chi connectivity index (χ3v) is 3.79.